The van der Waals surface area contributed by atoms with Gasteiger partial charge in [-0.2, -0.15) is 0 Å². The Kier molecular flexibility index (Phi) is 9.04. The molecule has 11 aromatic rings. The maximum Gasteiger partial charge on any atom is 0.0716 e. The van der Waals surface area contributed by atoms with E-state index in [1.54, 1.807) is 0 Å². The first-order valence-electron chi connectivity index (χ1n) is 24.3. The van der Waals surface area contributed by atoms with Crippen molar-refractivity contribution in [2.24, 2.45) is 0 Å². The fraction of sp³-hybridized carbons (Fsp3) is 0.0435. The Bertz CT molecular complexity index is 3700. The average Bonchev–Trinajstić information content (AvgIpc) is 4.06. The van der Waals surface area contributed by atoms with Crippen molar-refractivity contribution in [3.63, 3.8) is 0 Å². The fourth-order valence-corrected chi connectivity index (χ4v) is 12.6. The van der Waals surface area contributed by atoms with Crippen molar-refractivity contribution < 1.29 is 0 Å². The van der Waals surface area contributed by atoms with E-state index in [0.29, 0.717) is 0 Å². The summed E-state index contributed by atoms with van der Waals surface area (Å²) in [4.78, 5) is 0. The predicted molar refractivity (Wildman–Crippen MR) is 286 cm³/mol. The Morgan fingerprint density at radius 3 is 1.23 bits per heavy atom. The summed E-state index contributed by atoms with van der Waals surface area (Å²) in [5.74, 6) is 0.197. The van der Waals surface area contributed by atoms with Crippen molar-refractivity contribution in [1.82, 2.24) is 0 Å². The van der Waals surface area contributed by atoms with Gasteiger partial charge in [0.2, 0.25) is 0 Å². The molecule has 0 radical (unpaired) electrons. The molecule has 0 amide bonds. The van der Waals surface area contributed by atoms with Crippen LogP contribution >= 0.6 is 0 Å². The summed E-state index contributed by atoms with van der Waals surface area (Å²) in [7, 11) is 0. The molecule has 14 rings (SSSR count). The topological polar surface area (TPSA) is 0 Å². The Morgan fingerprint density at radius 1 is 0.246 bits per heavy atom. The fourth-order valence-electron chi connectivity index (χ4n) is 12.6. The molecule has 0 bridgehead atoms. The lowest BCUT2D eigenvalue weighted by Crippen LogP contribution is -2.30. The van der Waals surface area contributed by atoms with Crippen molar-refractivity contribution in [3.8, 4) is 66.8 Å². The van der Waals surface area contributed by atoms with E-state index in [0.717, 1.165) is 0 Å². The van der Waals surface area contributed by atoms with Crippen molar-refractivity contribution in [3.05, 3.63) is 323 Å². The first kappa shape index (κ1) is 39.6. The highest BCUT2D eigenvalue weighted by Gasteiger charge is 2.50. The highest BCUT2D eigenvalue weighted by molar-refractivity contribution is 5.95. The van der Waals surface area contributed by atoms with Gasteiger partial charge in [0, 0.05) is 11.8 Å². The van der Waals surface area contributed by atoms with Crippen LogP contribution in [0.15, 0.2) is 267 Å². The Morgan fingerprint density at radius 2 is 0.652 bits per heavy atom. The van der Waals surface area contributed by atoms with Crippen LogP contribution < -0.4 is 0 Å². The second-order valence-corrected chi connectivity index (χ2v) is 19.0. The SMILES string of the molecule is c1ccc(-c2ccc(C3c4ccccc4-c4cc(-c5ccc6c(c5)-c5ccc7c(c5C6c5ccc(-c6ccccc6)cc5)C(c5ccccc5)(c5ccccc5)c5ccccc5-7)ccc43)cc2)cc1. The van der Waals surface area contributed by atoms with Gasteiger partial charge in [-0.15, -0.1) is 0 Å². The van der Waals surface area contributed by atoms with Gasteiger partial charge in [-0.1, -0.05) is 255 Å². The second kappa shape index (κ2) is 15.8. The van der Waals surface area contributed by atoms with Gasteiger partial charge >= 0.3 is 0 Å². The van der Waals surface area contributed by atoms with Crippen LogP contribution in [-0.4, -0.2) is 0 Å². The van der Waals surface area contributed by atoms with E-state index in [-0.39, 0.29) is 11.8 Å². The summed E-state index contributed by atoms with van der Waals surface area (Å²) in [6.45, 7) is 0. The monoisotopic (exact) mass is 874 g/mol. The summed E-state index contributed by atoms with van der Waals surface area (Å²) in [6.07, 6.45) is 0. The molecule has 3 aliphatic rings. The van der Waals surface area contributed by atoms with Gasteiger partial charge in [-0.25, -0.2) is 0 Å². The highest BCUT2D eigenvalue weighted by atomic mass is 14.5. The molecule has 69 heavy (non-hydrogen) atoms. The Labute approximate surface area is 404 Å². The largest absolute Gasteiger partial charge is 0.0716 e. The van der Waals surface area contributed by atoms with Crippen molar-refractivity contribution in [2.45, 2.75) is 17.3 Å². The zero-order valence-corrected chi connectivity index (χ0v) is 38.1. The Hall–Kier alpha value is -8.58. The number of hydrogen-bond acceptors (Lipinski definition) is 0. The van der Waals surface area contributed by atoms with E-state index in [4.69, 9.17) is 0 Å². The molecule has 0 N–H and O–H groups in total. The molecule has 322 valence electrons. The molecule has 0 aliphatic heterocycles. The van der Waals surface area contributed by atoms with E-state index < -0.39 is 5.41 Å². The number of hydrogen-bond donors (Lipinski definition) is 0. The van der Waals surface area contributed by atoms with Gasteiger partial charge in [0.25, 0.3) is 0 Å². The van der Waals surface area contributed by atoms with Crippen LogP contribution in [0, 0.1) is 0 Å². The van der Waals surface area contributed by atoms with Crippen LogP contribution in [0.4, 0.5) is 0 Å². The molecule has 0 saturated carbocycles. The molecular weight excluding hydrogens is 829 g/mol. The number of rotatable bonds is 7. The first-order chi connectivity index (χ1) is 34.2. The van der Waals surface area contributed by atoms with E-state index >= 15 is 0 Å². The number of benzene rings is 11. The minimum absolute atomic E-state index is 0.0193. The lowest BCUT2D eigenvalue weighted by atomic mass is 9.65. The van der Waals surface area contributed by atoms with Gasteiger partial charge in [0.05, 0.1) is 5.41 Å². The molecule has 0 heteroatoms. The molecule has 3 aliphatic carbocycles. The van der Waals surface area contributed by atoms with Gasteiger partial charge in [0.15, 0.2) is 0 Å². The average molecular weight is 875 g/mol. The van der Waals surface area contributed by atoms with Crippen molar-refractivity contribution in [1.29, 1.82) is 0 Å². The van der Waals surface area contributed by atoms with Crippen LogP contribution in [-0.2, 0) is 5.41 Å². The third-order valence-corrected chi connectivity index (χ3v) is 15.6. The van der Waals surface area contributed by atoms with Crippen LogP contribution in [0.3, 0.4) is 0 Å². The summed E-state index contributed by atoms with van der Waals surface area (Å²) < 4.78 is 0. The summed E-state index contributed by atoms with van der Waals surface area (Å²) >= 11 is 0. The molecule has 2 unspecified atom stereocenters. The second-order valence-electron chi connectivity index (χ2n) is 19.0. The van der Waals surface area contributed by atoms with E-state index in [9.17, 15) is 0 Å². The van der Waals surface area contributed by atoms with Gasteiger partial charge in [-0.05, 0) is 135 Å². The maximum atomic E-state index is 2.50. The molecular formula is C69H46. The minimum atomic E-state index is -0.529. The molecule has 0 heterocycles. The van der Waals surface area contributed by atoms with Crippen molar-refractivity contribution >= 4 is 0 Å². The zero-order chi connectivity index (χ0) is 45.5. The lowest BCUT2D eigenvalue weighted by Gasteiger charge is -2.36. The summed E-state index contributed by atoms with van der Waals surface area (Å²) in [5.41, 5.74) is 28.2. The molecule has 0 fully saturated rings. The van der Waals surface area contributed by atoms with E-state index in [1.165, 1.54) is 122 Å². The molecule has 0 aromatic heterocycles. The normalized spacial score (nSPS) is 15.4. The standard InChI is InChI=1S/C69H46/c1-5-17-45(18-6-1)47-29-33-49(34-30-47)65-57-27-14-13-25-55(57)62-43-51(37-39-58(62)65)52-38-40-59-63(44-52)60-41-42-61-56-26-15-16-28-64(56)69(53-21-9-3-10-22-53,54-23-11-4-12-24-54)68(61)67(60)66(59)50-35-31-48(32-36-50)46-19-7-2-8-20-46/h1-44,65-66H. The quantitative estimate of drug-likeness (QED) is 0.150. The Balaban J connectivity index is 0.954. The lowest BCUT2D eigenvalue weighted by molar-refractivity contribution is 0.752. The van der Waals surface area contributed by atoms with E-state index in [1.807, 2.05) is 0 Å². The van der Waals surface area contributed by atoms with Crippen LogP contribution in [0.25, 0.3) is 66.8 Å². The molecule has 0 saturated heterocycles. The van der Waals surface area contributed by atoms with Crippen LogP contribution in [0.2, 0.25) is 0 Å². The van der Waals surface area contributed by atoms with Crippen molar-refractivity contribution in [2.75, 3.05) is 0 Å². The van der Waals surface area contributed by atoms with Gasteiger partial charge < -0.3 is 0 Å². The molecule has 0 nitrogen and oxygen atoms in total. The molecule has 2 atom stereocenters. The number of fused-ring (bicyclic) bond motifs is 10. The van der Waals surface area contributed by atoms with Gasteiger partial charge in [-0.3, -0.25) is 0 Å². The predicted octanol–water partition coefficient (Wildman–Crippen LogP) is 17.4. The first-order valence-corrected chi connectivity index (χ1v) is 24.3. The third kappa shape index (κ3) is 6.02. The van der Waals surface area contributed by atoms with Gasteiger partial charge in [0.1, 0.15) is 0 Å². The molecule has 11 aromatic carbocycles. The van der Waals surface area contributed by atoms with Crippen LogP contribution in [0.1, 0.15) is 67.5 Å². The van der Waals surface area contributed by atoms with E-state index in [2.05, 4.69) is 267 Å². The summed E-state index contributed by atoms with van der Waals surface area (Å²) in [5, 5.41) is 0. The highest BCUT2D eigenvalue weighted by Crippen LogP contribution is 2.63. The van der Waals surface area contributed by atoms with Crippen LogP contribution in [0.5, 0.6) is 0 Å². The smallest absolute Gasteiger partial charge is 0.0622 e. The maximum absolute atomic E-state index is 2.50. The summed E-state index contributed by atoms with van der Waals surface area (Å²) in [6, 6.07) is 100. The zero-order valence-electron chi connectivity index (χ0n) is 38.1. The molecule has 0 spiro atoms. The third-order valence-electron chi connectivity index (χ3n) is 15.6. The minimum Gasteiger partial charge on any atom is -0.0622 e.